The van der Waals surface area contributed by atoms with E-state index in [0.29, 0.717) is 23.8 Å². The second-order valence-electron chi connectivity index (χ2n) is 6.41. The maximum absolute atomic E-state index is 12.2. The third-order valence-corrected chi connectivity index (χ3v) is 5.59. The number of ether oxygens (including phenoxy) is 1. The number of hydrogen-bond donors (Lipinski definition) is 2. The van der Waals surface area contributed by atoms with Gasteiger partial charge in [0.05, 0.1) is 11.0 Å². The van der Waals surface area contributed by atoms with Crippen LogP contribution < -0.4 is 5.32 Å². The van der Waals surface area contributed by atoms with E-state index in [1.807, 2.05) is 29.0 Å². The van der Waals surface area contributed by atoms with Gasteiger partial charge in [-0.15, -0.1) is 11.3 Å². The van der Waals surface area contributed by atoms with Crippen molar-refractivity contribution in [2.24, 2.45) is 0 Å². The summed E-state index contributed by atoms with van der Waals surface area (Å²) in [4.78, 5) is 13.3. The average Bonchev–Trinajstić information content (AvgIpc) is 3.33. The maximum atomic E-state index is 12.2. The second-order valence-corrected chi connectivity index (χ2v) is 7.75. The monoisotopic (exact) mass is 380 g/mol. The van der Waals surface area contributed by atoms with Crippen molar-refractivity contribution in [3.05, 3.63) is 22.3 Å². The molecule has 136 valence electrons. The van der Waals surface area contributed by atoms with Crippen molar-refractivity contribution in [1.29, 1.82) is 0 Å². The minimum Gasteiger partial charge on any atom is -0.378 e. The number of nitrogens with one attached hydrogen (secondary N) is 2. The van der Waals surface area contributed by atoms with E-state index in [9.17, 15) is 4.79 Å². The van der Waals surface area contributed by atoms with Crippen LogP contribution in [-0.2, 0) is 16.1 Å². The highest BCUT2D eigenvalue weighted by atomic mass is 32.1. The summed E-state index contributed by atoms with van der Waals surface area (Å²) in [6.45, 7) is 3.45. The first kappa shape index (κ1) is 18.3. The van der Waals surface area contributed by atoms with E-state index >= 15 is 0 Å². The Bertz CT molecular complexity index is 732. The number of carbonyl (C=O) groups is 1. The third-order valence-electron chi connectivity index (χ3n) is 4.42. The third kappa shape index (κ3) is 4.99. The molecule has 1 aliphatic heterocycles. The number of amides is 1. The van der Waals surface area contributed by atoms with E-state index in [2.05, 4.69) is 15.5 Å². The SMILES string of the molecule is CC(CCC1CCCO1)NC(=O)CCn1c(-c2cccs2)n[nH]c1=S. The molecule has 2 unspecified atom stereocenters. The lowest BCUT2D eigenvalue weighted by atomic mass is 10.1. The van der Waals surface area contributed by atoms with Gasteiger partial charge in [0.2, 0.25) is 5.91 Å². The fraction of sp³-hybridized carbons (Fsp3) is 0.588. The van der Waals surface area contributed by atoms with Crippen molar-refractivity contribution < 1.29 is 9.53 Å². The Morgan fingerprint density at radius 3 is 3.24 bits per heavy atom. The molecule has 0 aliphatic carbocycles. The zero-order valence-electron chi connectivity index (χ0n) is 14.4. The van der Waals surface area contributed by atoms with Gasteiger partial charge in [0, 0.05) is 25.6 Å². The Hall–Kier alpha value is -1.51. The molecular formula is C17H24N4O2S2. The van der Waals surface area contributed by atoms with E-state index in [1.165, 1.54) is 0 Å². The van der Waals surface area contributed by atoms with Crippen LogP contribution in [0.25, 0.3) is 10.7 Å². The summed E-state index contributed by atoms with van der Waals surface area (Å²) in [6, 6.07) is 4.13. The van der Waals surface area contributed by atoms with Gasteiger partial charge in [-0.1, -0.05) is 6.07 Å². The number of hydrogen-bond acceptors (Lipinski definition) is 5. The van der Waals surface area contributed by atoms with E-state index in [1.54, 1.807) is 11.3 Å². The predicted octanol–water partition coefficient (Wildman–Crippen LogP) is 3.52. The van der Waals surface area contributed by atoms with E-state index in [4.69, 9.17) is 17.0 Å². The molecule has 8 heteroatoms. The van der Waals surface area contributed by atoms with E-state index in [0.717, 1.165) is 43.0 Å². The summed E-state index contributed by atoms with van der Waals surface area (Å²) in [6.07, 6.45) is 5.01. The van der Waals surface area contributed by atoms with Crippen LogP contribution in [0.4, 0.5) is 0 Å². The van der Waals surface area contributed by atoms with Crippen LogP contribution in [0.2, 0.25) is 0 Å². The average molecular weight is 381 g/mol. The molecule has 2 N–H and O–H groups in total. The topological polar surface area (TPSA) is 71.9 Å². The van der Waals surface area contributed by atoms with Gasteiger partial charge in [0.1, 0.15) is 0 Å². The van der Waals surface area contributed by atoms with Gasteiger partial charge in [0.25, 0.3) is 0 Å². The van der Waals surface area contributed by atoms with Crippen molar-refractivity contribution in [2.75, 3.05) is 6.61 Å². The number of thiophene rings is 1. The summed E-state index contributed by atoms with van der Waals surface area (Å²) < 4.78 is 8.06. The number of aromatic nitrogens is 3. The summed E-state index contributed by atoms with van der Waals surface area (Å²) in [5.74, 6) is 0.833. The molecule has 0 radical (unpaired) electrons. The zero-order valence-corrected chi connectivity index (χ0v) is 16.0. The molecule has 0 aromatic carbocycles. The molecule has 6 nitrogen and oxygen atoms in total. The van der Waals surface area contributed by atoms with Crippen LogP contribution in [0, 0.1) is 4.77 Å². The Balaban J connectivity index is 1.47. The molecular weight excluding hydrogens is 356 g/mol. The van der Waals surface area contributed by atoms with Crippen LogP contribution in [0.1, 0.15) is 39.0 Å². The lowest BCUT2D eigenvalue weighted by molar-refractivity contribution is -0.122. The van der Waals surface area contributed by atoms with E-state index < -0.39 is 0 Å². The molecule has 1 aliphatic rings. The standard InChI is InChI=1S/C17H24N4O2S2/c1-12(6-7-13-4-2-10-23-13)18-15(22)8-9-21-16(19-20-17(21)24)14-5-3-11-25-14/h3,5,11-13H,2,4,6-10H2,1H3,(H,18,22)(H,20,24). The van der Waals surface area contributed by atoms with Crippen LogP contribution in [0.15, 0.2) is 17.5 Å². The molecule has 3 rings (SSSR count). The van der Waals surface area contributed by atoms with Crippen LogP contribution in [0.5, 0.6) is 0 Å². The normalized spacial score (nSPS) is 18.4. The lowest BCUT2D eigenvalue weighted by Gasteiger charge is -2.16. The molecule has 1 amide bonds. The fourth-order valence-electron chi connectivity index (χ4n) is 3.06. The highest BCUT2D eigenvalue weighted by molar-refractivity contribution is 7.71. The first-order chi connectivity index (χ1) is 12.1. The van der Waals surface area contributed by atoms with Gasteiger partial charge >= 0.3 is 0 Å². The summed E-state index contributed by atoms with van der Waals surface area (Å²) in [5.41, 5.74) is 0. The molecule has 2 aromatic heterocycles. The molecule has 2 aromatic rings. The van der Waals surface area contributed by atoms with E-state index in [-0.39, 0.29) is 11.9 Å². The molecule has 2 atom stereocenters. The van der Waals surface area contributed by atoms with Crippen molar-refractivity contribution in [3.63, 3.8) is 0 Å². The molecule has 0 spiro atoms. The Labute approximate surface area is 156 Å². The summed E-state index contributed by atoms with van der Waals surface area (Å²) in [7, 11) is 0. The lowest BCUT2D eigenvalue weighted by Crippen LogP contribution is -2.33. The summed E-state index contributed by atoms with van der Waals surface area (Å²) >= 11 is 6.90. The van der Waals surface area contributed by atoms with Crippen molar-refractivity contribution in [3.8, 4) is 10.7 Å². The van der Waals surface area contributed by atoms with Gasteiger partial charge < -0.3 is 10.1 Å². The number of carbonyl (C=O) groups excluding carboxylic acids is 1. The molecule has 3 heterocycles. The smallest absolute Gasteiger partial charge is 0.222 e. The Morgan fingerprint density at radius 1 is 1.64 bits per heavy atom. The van der Waals surface area contributed by atoms with Crippen molar-refractivity contribution in [1.82, 2.24) is 20.1 Å². The number of aromatic amines is 1. The molecule has 1 saturated heterocycles. The van der Waals surface area contributed by atoms with Gasteiger partial charge in [0.15, 0.2) is 10.6 Å². The first-order valence-electron chi connectivity index (χ1n) is 8.73. The maximum Gasteiger partial charge on any atom is 0.222 e. The minimum absolute atomic E-state index is 0.0417. The molecule has 0 bridgehead atoms. The van der Waals surface area contributed by atoms with Crippen LogP contribution >= 0.6 is 23.6 Å². The fourth-order valence-corrected chi connectivity index (χ4v) is 4.00. The highest BCUT2D eigenvalue weighted by Gasteiger charge is 2.17. The van der Waals surface area contributed by atoms with Gasteiger partial charge in [-0.05, 0) is 56.3 Å². The van der Waals surface area contributed by atoms with Gasteiger partial charge in [-0.25, -0.2) is 0 Å². The predicted molar refractivity (Wildman–Crippen MR) is 101 cm³/mol. The molecule has 0 saturated carbocycles. The van der Waals surface area contributed by atoms with Gasteiger partial charge in [-0.3, -0.25) is 14.5 Å². The van der Waals surface area contributed by atoms with Crippen molar-refractivity contribution >= 4 is 29.5 Å². The van der Waals surface area contributed by atoms with Crippen LogP contribution in [-0.4, -0.2) is 39.4 Å². The Kier molecular flexibility index (Phi) is 6.39. The minimum atomic E-state index is 0.0417. The van der Waals surface area contributed by atoms with Gasteiger partial charge in [-0.2, -0.15) is 5.10 Å². The van der Waals surface area contributed by atoms with Crippen LogP contribution in [0.3, 0.4) is 0 Å². The first-order valence-corrected chi connectivity index (χ1v) is 10.0. The molecule has 1 fully saturated rings. The highest BCUT2D eigenvalue weighted by Crippen LogP contribution is 2.23. The quantitative estimate of drug-likeness (QED) is 0.687. The zero-order chi connectivity index (χ0) is 17.6. The number of rotatable bonds is 8. The summed E-state index contributed by atoms with van der Waals surface area (Å²) in [5, 5.41) is 12.2. The second kappa shape index (κ2) is 8.73. The molecule has 25 heavy (non-hydrogen) atoms. The largest absolute Gasteiger partial charge is 0.378 e. The Morgan fingerprint density at radius 2 is 2.52 bits per heavy atom. The number of H-pyrrole nitrogens is 1. The van der Waals surface area contributed by atoms with Crippen molar-refractivity contribution in [2.45, 2.75) is 57.7 Å². The number of nitrogens with zero attached hydrogens (tertiary/aromatic N) is 2.